The Morgan fingerprint density at radius 1 is 1.29 bits per heavy atom. The van der Waals surface area contributed by atoms with Crippen molar-refractivity contribution in [3.8, 4) is 11.5 Å². The number of hydrogen-bond acceptors (Lipinski definition) is 4. The zero-order chi connectivity index (χ0) is 14.8. The standard InChI is InChI=1S/C15H13ClN2O3/c16-11-5-13-14(21-8-15(20)18-13)6-12(11)17-7-9-1-3-10(19)4-2-9/h1-6,17,19H,7-8H2,(H,18,20). The molecular weight excluding hydrogens is 292 g/mol. The first kappa shape index (κ1) is 13.6. The van der Waals surface area contributed by atoms with Crippen molar-refractivity contribution in [1.82, 2.24) is 0 Å². The van der Waals surface area contributed by atoms with Gasteiger partial charge in [0, 0.05) is 12.6 Å². The van der Waals surface area contributed by atoms with Crippen molar-refractivity contribution in [3.05, 3.63) is 47.0 Å². The summed E-state index contributed by atoms with van der Waals surface area (Å²) in [5.74, 6) is 0.630. The van der Waals surface area contributed by atoms with Crippen LogP contribution in [0.5, 0.6) is 11.5 Å². The van der Waals surface area contributed by atoms with Crippen molar-refractivity contribution >= 4 is 28.9 Å². The first-order valence-corrected chi connectivity index (χ1v) is 6.77. The molecule has 1 aliphatic rings. The van der Waals surface area contributed by atoms with Gasteiger partial charge in [-0.15, -0.1) is 0 Å². The Morgan fingerprint density at radius 2 is 2.05 bits per heavy atom. The molecule has 108 valence electrons. The molecule has 0 spiro atoms. The summed E-state index contributed by atoms with van der Waals surface area (Å²) in [5.41, 5.74) is 2.31. The van der Waals surface area contributed by atoms with Gasteiger partial charge in [0.25, 0.3) is 5.91 Å². The van der Waals surface area contributed by atoms with E-state index in [0.717, 1.165) is 11.3 Å². The number of phenolic OH excluding ortho intramolecular Hbond substituents is 1. The van der Waals surface area contributed by atoms with Crippen molar-refractivity contribution in [2.24, 2.45) is 0 Å². The number of halogens is 1. The number of aromatic hydroxyl groups is 1. The molecule has 6 heteroatoms. The summed E-state index contributed by atoms with van der Waals surface area (Å²) in [6.07, 6.45) is 0. The largest absolute Gasteiger partial charge is 0.508 e. The van der Waals surface area contributed by atoms with Crippen LogP contribution in [0.3, 0.4) is 0 Å². The fraction of sp³-hybridized carbons (Fsp3) is 0.133. The van der Waals surface area contributed by atoms with Gasteiger partial charge in [0.2, 0.25) is 0 Å². The molecular formula is C15H13ClN2O3. The minimum atomic E-state index is -0.191. The summed E-state index contributed by atoms with van der Waals surface area (Å²) in [7, 11) is 0. The van der Waals surface area contributed by atoms with E-state index in [4.69, 9.17) is 16.3 Å². The van der Waals surface area contributed by atoms with Crippen LogP contribution in [0.15, 0.2) is 36.4 Å². The zero-order valence-electron chi connectivity index (χ0n) is 11.0. The number of fused-ring (bicyclic) bond motifs is 1. The number of amides is 1. The second kappa shape index (κ2) is 5.54. The number of benzene rings is 2. The van der Waals surface area contributed by atoms with E-state index in [2.05, 4.69) is 10.6 Å². The SMILES string of the molecule is O=C1COc2cc(NCc3ccc(O)cc3)c(Cl)cc2N1. The van der Waals surface area contributed by atoms with E-state index < -0.39 is 0 Å². The molecule has 0 bridgehead atoms. The van der Waals surface area contributed by atoms with E-state index in [-0.39, 0.29) is 18.3 Å². The van der Waals surface area contributed by atoms with E-state index >= 15 is 0 Å². The van der Waals surface area contributed by atoms with Crippen LogP contribution in [0.4, 0.5) is 11.4 Å². The Labute approximate surface area is 126 Å². The van der Waals surface area contributed by atoms with Crippen molar-refractivity contribution in [3.63, 3.8) is 0 Å². The van der Waals surface area contributed by atoms with Crippen LogP contribution in [0, 0.1) is 0 Å². The molecule has 2 aromatic carbocycles. The van der Waals surface area contributed by atoms with E-state index in [0.29, 0.717) is 23.0 Å². The molecule has 21 heavy (non-hydrogen) atoms. The highest BCUT2D eigenvalue weighted by molar-refractivity contribution is 6.33. The zero-order valence-corrected chi connectivity index (χ0v) is 11.8. The number of carbonyl (C=O) groups excluding carboxylic acids is 1. The monoisotopic (exact) mass is 304 g/mol. The summed E-state index contributed by atoms with van der Waals surface area (Å²) in [6, 6.07) is 10.3. The van der Waals surface area contributed by atoms with Gasteiger partial charge >= 0.3 is 0 Å². The van der Waals surface area contributed by atoms with Crippen LogP contribution in [0.25, 0.3) is 0 Å². The van der Waals surface area contributed by atoms with Crippen LogP contribution in [-0.2, 0) is 11.3 Å². The summed E-state index contributed by atoms with van der Waals surface area (Å²) in [6.45, 7) is 0.567. The fourth-order valence-corrected chi connectivity index (χ4v) is 2.28. The van der Waals surface area contributed by atoms with Gasteiger partial charge in [-0.2, -0.15) is 0 Å². The Balaban J connectivity index is 1.76. The van der Waals surface area contributed by atoms with Crippen molar-refractivity contribution in [2.75, 3.05) is 17.2 Å². The number of ether oxygens (including phenoxy) is 1. The van der Waals surface area contributed by atoms with Gasteiger partial charge in [-0.25, -0.2) is 0 Å². The quantitative estimate of drug-likeness (QED) is 0.815. The molecule has 1 aliphatic heterocycles. The molecule has 2 aromatic rings. The third-order valence-electron chi connectivity index (χ3n) is 3.12. The molecule has 0 aromatic heterocycles. The molecule has 0 saturated carbocycles. The van der Waals surface area contributed by atoms with E-state index in [1.807, 2.05) is 12.1 Å². The normalized spacial score (nSPS) is 13.1. The van der Waals surface area contributed by atoms with E-state index in [1.54, 1.807) is 24.3 Å². The third-order valence-corrected chi connectivity index (χ3v) is 3.43. The number of phenols is 1. The molecule has 0 fully saturated rings. The number of carbonyl (C=O) groups is 1. The van der Waals surface area contributed by atoms with Crippen LogP contribution < -0.4 is 15.4 Å². The molecule has 0 atom stereocenters. The van der Waals surface area contributed by atoms with Crippen LogP contribution in [-0.4, -0.2) is 17.6 Å². The van der Waals surface area contributed by atoms with Crippen molar-refractivity contribution < 1.29 is 14.6 Å². The van der Waals surface area contributed by atoms with Gasteiger partial charge < -0.3 is 20.5 Å². The van der Waals surface area contributed by atoms with E-state index in [9.17, 15) is 9.90 Å². The Bertz CT molecular complexity index is 686. The van der Waals surface area contributed by atoms with Gasteiger partial charge in [-0.1, -0.05) is 23.7 Å². The molecule has 0 radical (unpaired) electrons. The maximum atomic E-state index is 11.2. The molecule has 3 rings (SSSR count). The summed E-state index contributed by atoms with van der Waals surface area (Å²) in [4.78, 5) is 11.2. The topological polar surface area (TPSA) is 70.6 Å². The first-order chi connectivity index (χ1) is 10.1. The van der Waals surface area contributed by atoms with Gasteiger partial charge in [0.15, 0.2) is 6.61 Å². The first-order valence-electron chi connectivity index (χ1n) is 6.40. The summed E-state index contributed by atoms with van der Waals surface area (Å²) < 4.78 is 5.36. The summed E-state index contributed by atoms with van der Waals surface area (Å²) >= 11 is 6.19. The fourth-order valence-electron chi connectivity index (χ4n) is 2.05. The lowest BCUT2D eigenvalue weighted by Gasteiger charge is -2.20. The van der Waals surface area contributed by atoms with Gasteiger partial charge in [0.1, 0.15) is 11.5 Å². The molecule has 0 aliphatic carbocycles. The second-order valence-corrected chi connectivity index (χ2v) is 5.09. The summed E-state index contributed by atoms with van der Waals surface area (Å²) in [5, 5.41) is 15.7. The Hall–Kier alpha value is -2.40. The number of hydrogen-bond donors (Lipinski definition) is 3. The third kappa shape index (κ3) is 3.03. The number of anilines is 2. The maximum absolute atomic E-state index is 11.2. The average Bonchev–Trinajstić information content (AvgIpc) is 2.47. The van der Waals surface area contributed by atoms with Gasteiger partial charge in [-0.05, 0) is 23.8 Å². The lowest BCUT2D eigenvalue weighted by Crippen LogP contribution is -2.25. The molecule has 1 amide bonds. The Morgan fingerprint density at radius 3 is 2.81 bits per heavy atom. The van der Waals surface area contributed by atoms with Gasteiger partial charge in [0.05, 0.1) is 16.4 Å². The van der Waals surface area contributed by atoms with Crippen molar-refractivity contribution in [1.29, 1.82) is 0 Å². The van der Waals surface area contributed by atoms with Gasteiger partial charge in [-0.3, -0.25) is 4.79 Å². The van der Waals surface area contributed by atoms with Crippen molar-refractivity contribution in [2.45, 2.75) is 6.54 Å². The lowest BCUT2D eigenvalue weighted by atomic mass is 10.2. The number of nitrogens with one attached hydrogen (secondary N) is 2. The highest BCUT2D eigenvalue weighted by atomic mass is 35.5. The number of rotatable bonds is 3. The van der Waals surface area contributed by atoms with E-state index in [1.165, 1.54) is 0 Å². The maximum Gasteiger partial charge on any atom is 0.262 e. The van der Waals surface area contributed by atoms with Crippen LogP contribution in [0.2, 0.25) is 5.02 Å². The lowest BCUT2D eigenvalue weighted by molar-refractivity contribution is -0.118. The average molecular weight is 305 g/mol. The Kier molecular flexibility index (Phi) is 3.58. The predicted octanol–water partition coefficient (Wildman–Crippen LogP) is 2.99. The minimum absolute atomic E-state index is 0.00599. The molecule has 5 nitrogen and oxygen atoms in total. The molecule has 3 N–H and O–H groups in total. The second-order valence-electron chi connectivity index (χ2n) is 4.69. The highest BCUT2D eigenvalue weighted by Crippen LogP contribution is 2.36. The molecule has 1 heterocycles. The minimum Gasteiger partial charge on any atom is -0.508 e. The van der Waals surface area contributed by atoms with Crippen LogP contribution in [0.1, 0.15) is 5.56 Å². The van der Waals surface area contributed by atoms with Crippen LogP contribution >= 0.6 is 11.6 Å². The highest BCUT2D eigenvalue weighted by Gasteiger charge is 2.18. The molecule has 0 saturated heterocycles. The smallest absolute Gasteiger partial charge is 0.262 e. The molecule has 0 unspecified atom stereocenters. The predicted molar refractivity (Wildman–Crippen MR) is 81.0 cm³/mol.